The molecule has 1 amide bonds. The quantitative estimate of drug-likeness (QED) is 0.391. The molecule has 1 atom stereocenters. The molecule has 0 aromatic heterocycles. The van der Waals surface area contributed by atoms with Crippen molar-refractivity contribution in [3.8, 4) is 0 Å². The molecule has 1 saturated heterocycles. The zero-order valence-corrected chi connectivity index (χ0v) is 17.5. The van der Waals surface area contributed by atoms with Gasteiger partial charge in [-0.1, -0.05) is 29.8 Å². The molecule has 1 heterocycles. The number of hydrogen-bond donors (Lipinski definition) is 2. The van der Waals surface area contributed by atoms with Gasteiger partial charge in [-0.15, -0.1) is 11.8 Å². The topological polar surface area (TPSA) is 95.9 Å². The molecule has 9 heteroatoms. The van der Waals surface area contributed by atoms with Gasteiger partial charge in [0.1, 0.15) is 0 Å². The maximum absolute atomic E-state index is 11.1. The number of carbonyl (C=O) groups excluding carboxylic acids is 2. The molecule has 154 valence electrons. The highest BCUT2D eigenvalue weighted by atomic mass is 35.5. The Kier molecular flexibility index (Phi) is 11.3. The van der Waals surface area contributed by atoms with Crippen LogP contribution in [0.4, 0.5) is 0 Å². The van der Waals surface area contributed by atoms with Gasteiger partial charge in [0.15, 0.2) is 0 Å². The highest BCUT2D eigenvalue weighted by Gasteiger charge is 2.25. The summed E-state index contributed by atoms with van der Waals surface area (Å²) in [7, 11) is 1.31. The highest BCUT2D eigenvalue weighted by molar-refractivity contribution is 8.00. The zero-order chi connectivity index (χ0) is 20.9. The number of rotatable bonds is 7. The number of aliphatic carboxylic acids is 1. The van der Waals surface area contributed by atoms with Crippen LogP contribution in [-0.2, 0) is 25.7 Å². The molecule has 7 nitrogen and oxygen atoms in total. The Bertz CT molecular complexity index is 699. The van der Waals surface area contributed by atoms with Gasteiger partial charge in [-0.25, -0.2) is 4.79 Å². The molecular weight excluding hydrogens is 404 g/mol. The van der Waals surface area contributed by atoms with E-state index in [1.165, 1.54) is 20.1 Å². The first kappa shape index (κ1) is 24.0. The van der Waals surface area contributed by atoms with Crippen LogP contribution in [0.25, 0.3) is 0 Å². The van der Waals surface area contributed by atoms with E-state index in [0.29, 0.717) is 25.4 Å². The van der Waals surface area contributed by atoms with Crippen LogP contribution in [-0.4, -0.2) is 59.7 Å². The normalized spacial score (nSPS) is 18.0. The molecule has 2 rings (SSSR count). The number of carboxylic acids is 1. The van der Waals surface area contributed by atoms with Gasteiger partial charge in [0.25, 0.3) is 6.47 Å². The average Bonchev–Trinajstić information content (AvgIpc) is 2.65. The van der Waals surface area contributed by atoms with Crippen molar-refractivity contribution >= 4 is 41.7 Å². The number of piperidine rings is 1. The molecule has 1 aromatic carbocycles. The largest absolute Gasteiger partial charge is 0.478 e. The molecular formula is C19H25ClN2O5S. The summed E-state index contributed by atoms with van der Waals surface area (Å²) in [5.74, 6) is -0.529. The molecule has 1 fully saturated rings. The Morgan fingerprint density at radius 1 is 1.43 bits per heavy atom. The summed E-state index contributed by atoms with van der Waals surface area (Å²) < 4.78 is 3.86. The standard InChI is InChI=1S/C17H21ClN2O3S.C2H4O2/c1-12(21)19-11-24-16-6-7-20(10-14(16)8-17(22)23)9-13-4-2-3-5-15(13)18;1-4-2-3/h2-5,8,16H,6-7,9-11H2,1H3,(H,19,21)(H,22,23);2H,1H3/b14-8+;. The van der Waals surface area contributed by atoms with Crippen LogP contribution in [0.15, 0.2) is 35.9 Å². The molecule has 0 saturated carbocycles. The first-order valence-electron chi connectivity index (χ1n) is 8.59. The fourth-order valence-electron chi connectivity index (χ4n) is 2.66. The second kappa shape index (κ2) is 13.2. The number of carbonyl (C=O) groups is 3. The van der Waals surface area contributed by atoms with Gasteiger partial charge in [0.05, 0.1) is 13.0 Å². The van der Waals surface area contributed by atoms with Crippen LogP contribution in [0.2, 0.25) is 5.02 Å². The average molecular weight is 429 g/mol. The van der Waals surface area contributed by atoms with Crippen molar-refractivity contribution in [1.82, 2.24) is 10.2 Å². The molecule has 28 heavy (non-hydrogen) atoms. The lowest BCUT2D eigenvalue weighted by Crippen LogP contribution is -2.37. The van der Waals surface area contributed by atoms with E-state index in [2.05, 4.69) is 15.0 Å². The summed E-state index contributed by atoms with van der Waals surface area (Å²) in [6, 6.07) is 7.69. The minimum absolute atomic E-state index is 0.0811. The van der Waals surface area contributed by atoms with Crippen LogP contribution < -0.4 is 5.32 Å². The number of nitrogens with one attached hydrogen (secondary N) is 1. The van der Waals surface area contributed by atoms with Crippen molar-refractivity contribution in [1.29, 1.82) is 0 Å². The maximum Gasteiger partial charge on any atom is 0.328 e. The summed E-state index contributed by atoms with van der Waals surface area (Å²) in [6.45, 7) is 4.00. The molecule has 0 aliphatic carbocycles. The third-order valence-electron chi connectivity index (χ3n) is 3.89. The van der Waals surface area contributed by atoms with Gasteiger partial charge in [-0.3, -0.25) is 14.5 Å². The third-order valence-corrected chi connectivity index (χ3v) is 5.51. The maximum atomic E-state index is 11.1. The third kappa shape index (κ3) is 9.25. The van der Waals surface area contributed by atoms with E-state index in [1.54, 1.807) is 11.8 Å². The lowest BCUT2D eigenvalue weighted by atomic mass is 10.0. The number of halogens is 1. The van der Waals surface area contributed by atoms with Crippen molar-refractivity contribution in [3.05, 3.63) is 46.5 Å². The number of nitrogens with zero attached hydrogens (tertiary/aromatic N) is 1. The number of amides is 1. The molecule has 0 bridgehead atoms. The van der Waals surface area contributed by atoms with Crippen LogP contribution in [0.3, 0.4) is 0 Å². The minimum atomic E-state index is -0.935. The van der Waals surface area contributed by atoms with Crippen molar-refractivity contribution < 1.29 is 24.2 Å². The van der Waals surface area contributed by atoms with E-state index < -0.39 is 5.97 Å². The summed E-state index contributed by atoms with van der Waals surface area (Å²) in [6.07, 6.45) is 2.14. The lowest BCUT2D eigenvalue weighted by molar-refractivity contribution is -0.131. The van der Waals surface area contributed by atoms with Crippen molar-refractivity contribution in [2.24, 2.45) is 0 Å². The van der Waals surface area contributed by atoms with Crippen LogP contribution >= 0.6 is 23.4 Å². The first-order chi connectivity index (χ1) is 13.4. The SMILES string of the molecule is CC(=O)NCSC1CCN(Cc2ccccc2Cl)C/C1=C\C(=O)O.COC=O. The molecule has 1 aromatic rings. The zero-order valence-electron chi connectivity index (χ0n) is 15.9. The van der Waals surface area contributed by atoms with E-state index in [4.69, 9.17) is 21.5 Å². The second-order valence-electron chi connectivity index (χ2n) is 6.01. The van der Waals surface area contributed by atoms with Crippen LogP contribution in [0, 0.1) is 0 Å². The Morgan fingerprint density at radius 2 is 2.11 bits per heavy atom. The molecule has 1 aliphatic rings. The first-order valence-corrected chi connectivity index (χ1v) is 10.0. The number of thioether (sulfide) groups is 1. The molecule has 0 spiro atoms. The van der Waals surface area contributed by atoms with Gasteiger partial charge >= 0.3 is 5.97 Å². The Labute approximate surface area is 174 Å². The van der Waals surface area contributed by atoms with Crippen LogP contribution in [0.1, 0.15) is 18.9 Å². The van der Waals surface area contributed by atoms with Gasteiger partial charge in [0, 0.05) is 42.9 Å². The predicted molar refractivity (Wildman–Crippen MR) is 110 cm³/mol. The van der Waals surface area contributed by atoms with Gasteiger partial charge in [-0.2, -0.15) is 0 Å². The molecule has 1 aliphatic heterocycles. The molecule has 1 unspecified atom stereocenters. The monoisotopic (exact) mass is 428 g/mol. The summed E-state index contributed by atoms with van der Waals surface area (Å²) in [4.78, 5) is 33.2. The lowest BCUT2D eigenvalue weighted by Gasteiger charge is -2.34. The Hall–Kier alpha value is -2.03. The number of benzene rings is 1. The summed E-state index contributed by atoms with van der Waals surface area (Å²) in [5, 5.41) is 12.7. The highest BCUT2D eigenvalue weighted by Crippen LogP contribution is 2.29. The minimum Gasteiger partial charge on any atom is -0.478 e. The van der Waals surface area contributed by atoms with E-state index in [9.17, 15) is 9.59 Å². The Balaban J connectivity index is 0.000000892. The van der Waals surface area contributed by atoms with Crippen molar-refractivity contribution in [2.45, 2.75) is 25.1 Å². The fraction of sp³-hybridized carbons (Fsp3) is 0.421. The van der Waals surface area contributed by atoms with Crippen LogP contribution in [0.5, 0.6) is 0 Å². The predicted octanol–water partition coefficient (Wildman–Crippen LogP) is 2.54. The van der Waals surface area contributed by atoms with Crippen molar-refractivity contribution in [3.63, 3.8) is 0 Å². The van der Waals surface area contributed by atoms with Gasteiger partial charge in [-0.05, 0) is 23.6 Å². The van der Waals surface area contributed by atoms with E-state index in [-0.39, 0.29) is 11.2 Å². The van der Waals surface area contributed by atoms with E-state index >= 15 is 0 Å². The van der Waals surface area contributed by atoms with E-state index in [1.807, 2.05) is 24.3 Å². The van der Waals surface area contributed by atoms with Gasteiger partial charge in [0.2, 0.25) is 5.91 Å². The number of likely N-dealkylation sites (tertiary alicyclic amines) is 1. The second-order valence-corrected chi connectivity index (χ2v) is 7.61. The number of ether oxygens (including phenoxy) is 1. The smallest absolute Gasteiger partial charge is 0.328 e. The molecule has 0 radical (unpaired) electrons. The summed E-state index contributed by atoms with van der Waals surface area (Å²) >= 11 is 7.78. The van der Waals surface area contributed by atoms with E-state index in [0.717, 1.165) is 29.1 Å². The fourth-order valence-corrected chi connectivity index (χ4v) is 3.97. The van der Waals surface area contributed by atoms with Crippen molar-refractivity contribution in [2.75, 3.05) is 26.1 Å². The number of carboxylic acid groups (broad SMARTS) is 1. The number of hydrogen-bond acceptors (Lipinski definition) is 6. The van der Waals surface area contributed by atoms with Gasteiger partial charge < -0.3 is 15.2 Å². The molecule has 2 N–H and O–H groups in total. The summed E-state index contributed by atoms with van der Waals surface area (Å²) in [5.41, 5.74) is 1.91. The Morgan fingerprint density at radius 3 is 2.68 bits per heavy atom. The number of methoxy groups -OCH3 is 1.